The summed E-state index contributed by atoms with van der Waals surface area (Å²) < 4.78 is 42.7. The summed E-state index contributed by atoms with van der Waals surface area (Å²) in [6.45, 7) is 8.14. The van der Waals surface area contributed by atoms with Gasteiger partial charge < -0.3 is 24.3 Å². The number of rotatable bonds is 11. The minimum Gasteiger partial charge on any atom is -0.461 e. The summed E-state index contributed by atoms with van der Waals surface area (Å²) in [6, 6.07) is 18.5. The normalized spacial score (nSPS) is 15.7. The fraction of sp³-hybridized carbons (Fsp3) is 0.462. The van der Waals surface area contributed by atoms with Crippen LogP contribution in [0.1, 0.15) is 84.9 Å². The van der Waals surface area contributed by atoms with E-state index in [1.54, 1.807) is 32.9 Å². The quantitative estimate of drug-likeness (QED) is 0.170. The molecule has 2 N–H and O–H groups in total. The number of ether oxygens (including phenoxy) is 2. The van der Waals surface area contributed by atoms with Crippen molar-refractivity contribution in [3.63, 3.8) is 0 Å². The Labute approximate surface area is 300 Å². The molecule has 1 fully saturated rings. The van der Waals surface area contributed by atoms with Crippen LogP contribution in [0, 0.1) is 5.92 Å². The van der Waals surface area contributed by atoms with Crippen molar-refractivity contribution in [3.05, 3.63) is 94.3 Å². The third kappa shape index (κ3) is 9.68. The first-order valence-electron chi connectivity index (χ1n) is 17.8. The largest absolute Gasteiger partial charge is 0.461 e. The summed E-state index contributed by atoms with van der Waals surface area (Å²) in [6.07, 6.45) is 5.14. The van der Waals surface area contributed by atoms with Gasteiger partial charge in [-0.1, -0.05) is 30.3 Å². The number of benzene rings is 2. The molecule has 11 nitrogen and oxygen atoms in total. The maximum atomic E-state index is 13.8. The van der Waals surface area contributed by atoms with E-state index in [2.05, 4.69) is 22.0 Å². The van der Waals surface area contributed by atoms with Gasteiger partial charge in [-0.3, -0.25) is 4.72 Å². The van der Waals surface area contributed by atoms with Crippen LogP contribution in [0.2, 0.25) is 0 Å². The lowest BCUT2D eigenvalue weighted by atomic mass is 9.87. The number of nitrogens with one attached hydrogen (secondary N) is 2. The van der Waals surface area contributed by atoms with E-state index < -0.39 is 27.7 Å². The third-order valence-electron chi connectivity index (χ3n) is 9.47. The molecule has 1 saturated heterocycles. The minimum atomic E-state index is -3.69. The van der Waals surface area contributed by atoms with Gasteiger partial charge in [0, 0.05) is 11.1 Å². The molecule has 4 aromatic rings. The Balaban J connectivity index is 1.33. The van der Waals surface area contributed by atoms with Crippen LogP contribution in [0.15, 0.2) is 60.7 Å². The molecule has 2 aliphatic rings. The molecular weight excluding hydrogens is 667 g/mol. The third-order valence-corrected chi connectivity index (χ3v) is 10.7. The maximum absolute atomic E-state index is 13.8. The zero-order chi connectivity index (χ0) is 36.2. The molecule has 272 valence electrons. The van der Waals surface area contributed by atoms with Crippen molar-refractivity contribution in [2.45, 2.75) is 83.7 Å². The molecule has 0 unspecified atom stereocenters. The molecule has 51 heavy (non-hydrogen) atoms. The highest BCUT2D eigenvalue weighted by Crippen LogP contribution is 2.32. The number of hydrogen-bond acceptors (Lipinski definition) is 8. The molecule has 0 spiro atoms. The molecule has 12 heteroatoms. The lowest BCUT2D eigenvalue weighted by Gasteiger charge is -2.28. The van der Waals surface area contributed by atoms with E-state index in [4.69, 9.17) is 14.5 Å². The summed E-state index contributed by atoms with van der Waals surface area (Å²) in [7, 11) is -1.59. The number of carbonyl (C=O) groups is 2. The van der Waals surface area contributed by atoms with Gasteiger partial charge in [-0.25, -0.2) is 23.0 Å². The molecule has 0 saturated carbocycles. The molecule has 1 aliphatic carbocycles. The van der Waals surface area contributed by atoms with E-state index in [0.717, 1.165) is 68.1 Å². The number of hydrogen-bond donors (Lipinski definition) is 2. The fourth-order valence-corrected chi connectivity index (χ4v) is 8.09. The predicted molar refractivity (Wildman–Crippen MR) is 198 cm³/mol. The summed E-state index contributed by atoms with van der Waals surface area (Å²) >= 11 is 0. The number of sulfonamides is 1. The second-order valence-corrected chi connectivity index (χ2v) is 16.6. The molecule has 1 aliphatic heterocycles. The highest BCUT2D eigenvalue weighted by Gasteiger charge is 2.25. The Hall–Kier alpha value is -4.42. The minimum absolute atomic E-state index is 0.139. The molecule has 0 radical (unpaired) electrons. The van der Waals surface area contributed by atoms with Gasteiger partial charge in [-0.15, -0.1) is 0 Å². The van der Waals surface area contributed by atoms with E-state index in [1.807, 2.05) is 53.1 Å². The lowest BCUT2D eigenvalue weighted by molar-refractivity contribution is 0.0372. The van der Waals surface area contributed by atoms with E-state index >= 15 is 0 Å². The Morgan fingerprint density at radius 3 is 2.47 bits per heavy atom. The predicted octanol–water partition coefficient (Wildman–Crippen LogP) is 6.43. The van der Waals surface area contributed by atoms with E-state index in [-0.39, 0.29) is 18.8 Å². The topological polar surface area (TPSA) is 132 Å². The van der Waals surface area contributed by atoms with Crippen LogP contribution in [0.4, 0.5) is 10.5 Å². The van der Waals surface area contributed by atoms with Crippen LogP contribution >= 0.6 is 0 Å². The molecule has 0 bridgehead atoms. The van der Waals surface area contributed by atoms with Crippen molar-refractivity contribution in [1.29, 1.82) is 0 Å². The first-order chi connectivity index (χ1) is 24.3. The number of piperidine rings is 1. The van der Waals surface area contributed by atoms with Crippen molar-refractivity contribution in [1.82, 2.24) is 19.8 Å². The lowest BCUT2D eigenvalue weighted by Crippen LogP contribution is -2.32. The number of nitrogens with zero attached hydrogens (tertiary/aromatic N) is 3. The standard InChI is InChI=1S/C39H49N5O6S/c1-39(2,3)50-38(46)40-23-32-15-14-30-22-35(37(45)49-25-27-16-18-43(4)19-17-27)44(36(30)41-32)24-31-21-33(20-29-12-8-9-13-34(29)31)42-51(47,48)26-28-10-6-5-7-11-28/h5-7,10-11,14-15,20-22,27,42H,8-9,12-13,16-19,23-26H2,1-4H3,(H,40,46). The molecular formula is C39H49N5O6S. The van der Waals surface area contributed by atoms with E-state index in [1.165, 1.54) is 5.56 Å². The van der Waals surface area contributed by atoms with Crippen LogP contribution in [0.5, 0.6) is 0 Å². The highest BCUT2D eigenvalue weighted by atomic mass is 32.2. The zero-order valence-corrected chi connectivity index (χ0v) is 30.9. The van der Waals surface area contributed by atoms with Crippen LogP contribution < -0.4 is 10.0 Å². The number of likely N-dealkylation sites (tertiary alicyclic amines) is 1. The summed E-state index contributed by atoms with van der Waals surface area (Å²) in [5.74, 6) is -0.257. The fourth-order valence-electron chi connectivity index (χ4n) is 6.91. The molecule has 2 aromatic carbocycles. The summed E-state index contributed by atoms with van der Waals surface area (Å²) in [5, 5.41) is 3.53. The number of alkyl carbamates (subject to hydrolysis) is 1. The molecule has 6 rings (SSSR count). The first kappa shape index (κ1) is 36.4. The monoisotopic (exact) mass is 715 g/mol. The van der Waals surface area contributed by atoms with Gasteiger partial charge >= 0.3 is 12.1 Å². The number of anilines is 1. The molecule has 3 heterocycles. The van der Waals surface area contributed by atoms with Crippen LogP contribution in [0.3, 0.4) is 0 Å². The van der Waals surface area contributed by atoms with Crippen molar-refractivity contribution >= 4 is 38.8 Å². The van der Waals surface area contributed by atoms with Gasteiger partial charge in [0.1, 0.15) is 16.9 Å². The zero-order valence-electron chi connectivity index (χ0n) is 30.0. The van der Waals surface area contributed by atoms with Crippen LogP contribution in [0.25, 0.3) is 11.0 Å². The SMILES string of the molecule is CN1CCC(COC(=O)c2cc3ccc(CNC(=O)OC(C)(C)C)nc3n2Cc2cc(NS(=O)(=O)Cc3ccccc3)cc3c2CCCC3)CC1. The second kappa shape index (κ2) is 15.4. The number of carbonyl (C=O) groups excluding carboxylic acids is 2. The Bertz CT molecular complexity index is 1980. The summed E-state index contributed by atoms with van der Waals surface area (Å²) in [4.78, 5) is 33.4. The number of esters is 1. The average molecular weight is 716 g/mol. The maximum Gasteiger partial charge on any atom is 0.407 e. The van der Waals surface area contributed by atoms with Crippen LogP contribution in [-0.2, 0) is 51.2 Å². The summed E-state index contributed by atoms with van der Waals surface area (Å²) in [5.41, 5.74) is 5.31. The first-order valence-corrected chi connectivity index (χ1v) is 19.5. The molecule has 0 atom stereocenters. The van der Waals surface area contributed by atoms with Crippen molar-refractivity contribution < 1.29 is 27.5 Å². The van der Waals surface area contributed by atoms with Gasteiger partial charge in [0.05, 0.1) is 31.1 Å². The van der Waals surface area contributed by atoms with Crippen molar-refractivity contribution in [2.24, 2.45) is 5.92 Å². The second-order valence-electron chi connectivity index (χ2n) is 14.9. The Kier molecular flexibility index (Phi) is 11.0. The van der Waals surface area contributed by atoms with Gasteiger partial charge in [0.2, 0.25) is 10.0 Å². The Morgan fingerprint density at radius 1 is 0.980 bits per heavy atom. The van der Waals surface area contributed by atoms with Gasteiger partial charge in [0.25, 0.3) is 0 Å². The van der Waals surface area contributed by atoms with E-state index in [0.29, 0.717) is 40.8 Å². The van der Waals surface area contributed by atoms with Crippen molar-refractivity contribution in [2.75, 3.05) is 31.5 Å². The van der Waals surface area contributed by atoms with Crippen molar-refractivity contribution in [3.8, 4) is 0 Å². The number of aryl methyl sites for hydroxylation is 1. The van der Waals surface area contributed by atoms with Gasteiger partial charge in [0.15, 0.2) is 0 Å². The average Bonchev–Trinajstić information content (AvgIpc) is 3.43. The van der Waals surface area contributed by atoms with Crippen LogP contribution in [-0.4, -0.2) is 67.3 Å². The Morgan fingerprint density at radius 2 is 1.73 bits per heavy atom. The van der Waals surface area contributed by atoms with Gasteiger partial charge in [-0.2, -0.15) is 0 Å². The number of pyridine rings is 1. The number of amides is 1. The number of fused-ring (bicyclic) bond motifs is 2. The molecule has 1 amide bonds. The molecule has 2 aromatic heterocycles. The number of aromatic nitrogens is 2. The highest BCUT2D eigenvalue weighted by molar-refractivity contribution is 7.91. The van der Waals surface area contributed by atoms with Gasteiger partial charge in [-0.05, 0) is 138 Å². The van der Waals surface area contributed by atoms with E-state index in [9.17, 15) is 18.0 Å². The smallest absolute Gasteiger partial charge is 0.407 e.